The molecular formula is C21H27NO2. The summed E-state index contributed by atoms with van der Waals surface area (Å²) in [4.78, 5) is 12.7. The number of ether oxygens (including phenoxy) is 1. The van der Waals surface area contributed by atoms with Crippen LogP contribution in [0.3, 0.4) is 0 Å². The number of hydrogen-bond acceptors (Lipinski definition) is 2. The van der Waals surface area contributed by atoms with Gasteiger partial charge < -0.3 is 10.1 Å². The maximum atomic E-state index is 12.7. The van der Waals surface area contributed by atoms with E-state index in [1.807, 2.05) is 63.2 Å². The van der Waals surface area contributed by atoms with Crippen LogP contribution in [0.5, 0.6) is 5.75 Å². The van der Waals surface area contributed by atoms with Gasteiger partial charge in [-0.15, -0.1) is 0 Å². The molecule has 2 rings (SSSR count). The fraction of sp³-hybridized carbons (Fsp3) is 0.381. The van der Waals surface area contributed by atoms with E-state index in [0.29, 0.717) is 12.3 Å². The molecule has 24 heavy (non-hydrogen) atoms. The van der Waals surface area contributed by atoms with E-state index >= 15 is 0 Å². The standard InChI is InChI=1S/C21H27NO2/c1-6-19(24-20-13-15(4)11-12-16(20)5)21(23)22-18-10-8-7-9-17(18)14(2)3/h7-14,19H,6H2,1-5H3,(H,22,23)/t19-/m1/s1. The maximum Gasteiger partial charge on any atom is 0.265 e. The Hall–Kier alpha value is -2.29. The number of hydrogen-bond donors (Lipinski definition) is 1. The number of rotatable bonds is 6. The predicted molar refractivity (Wildman–Crippen MR) is 99.8 cm³/mol. The molecule has 0 fully saturated rings. The van der Waals surface area contributed by atoms with E-state index in [9.17, 15) is 4.79 Å². The number of benzene rings is 2. The molecule has 0 aromatic heterocycles. The topological polar surface area (TPSA) is 38.3 Å². The van der Waals surface area contributed by atoms with Crippen molar-refractivity contribution in [3.05, 3.63) is 59.2 Å². The van der Waals surface area contributed by atoms with Crippen LogP contribution in [0.4, 0.5) is 5.69 Å². The highest BCUT2D eigenvalue weighted by Gasteiger charge is 2.20. The van der Waals surface area contributed by atoms with Crippen molar-refractivity contribution in [3.63, 3.8) is 0 Å². The quantitative estimate of drug-likeness (QED) is 0.790. The molecule has 1 atom stereocenters. The van der Waals surface area contributed by atoms with Gasteiger partial charge in [-0.1, -0.05) is 51.1 Å². The molecule has 2 aromatic rings. The van der Waals surface area contributed by atoms with Gasteiger partial charge >= 0.3 is 0 Å². The average molecular weight is 325 g/mol. The molecule has 128 valence electrons. The van der Waals surface area contributed by atoms with Gasteiger partial charge in [0.05, 0.1) is 0 Å². The molecule has 1 amide bonds. The van der Waals surface area contributed by atoms with Gasteiger partial charge in [0.15, 0.2) is 6.10 Å². The van der Waals surface area contributed by atoms with E-state index in [2.05, 4.69) is 19.2 Å². The van der Waals surface area contributed by atoms with E-state index in [0.717, 1.165) is 28.1 Å². The van der Waals surface area contributed by atoms with Gasteiger partial charge in [0.1, 0.15) is 5.75 Å². The third-order valence-corrected chi connectivity index (χ3v) is 4.12. The summed E-state index contributed by atoms with van der Waals surface area (Å²) in [5, 5.41) is 3.03. The third kappa shape index (κ3) is 4.38. The van der Waals surface area contributed by atoms with Crippen molar-refractivity contribution in [2.45, 2.75) is 53.1 Å². The van der Waals surface area contributed by atoms with Gasteiger partial charge in [-0.25, -0.2) is 0 Å². The normalized spacial score (nSPS) is 12.1. The minimum Gasteiger partial charge on any atom is -0.480 e. The Kier molecular flexibility index (Phi) is 6.02. The maximum absolute atomic E-state index is 12.7. The smallest absolute Gasteiger partial charge is 0.265 e. The van der Waals surface area contributed by atoms with Crippen molar-refractivity contribution in [2.24, 2.45) is 0 Å². The second-order valence-electron chi connectivity index (χ2n) is 6.51. The summed E-state index contributed by atoms with van der Waals surface area (Å²) < 4.78 is 6.00. The van der Waals surface area contributed by atoms with Gasteiger partial charge in [-0.3, -0.25) is 4.79 Å². The van der Waals surface area contributed by atoms with Crippen LogP contribution >= 0.6 is 0 Å². The van der Waals surface area contributed by atoms with E-state index in [-0.39, 0.29) is 5.91 Å². The summed E-state index contributed by atoms with van der Waals surface area (Å²) >= 11 is 0. The van der Waals surface area contributed by atoms with Crippen LogP contribution in [0.1, 0.15) is 49.8 Å². The summed E-state index contributed by atoms with van der Waals surface area (Å²) in [5.41, 5.74) is 4.15. The Balaban J connectivity index is 2.16. The molecule has 0 saturated heterocycles. The van der Waals surface area contributed by atoms with Crippen molar-refractivity contribution >= 4 is 11.6 Å². The fourth-order valence-corrected chi connectivity index (χ4v) is 2.64. The Morgan fingerprint density at radius 1 is 1.12 bits per heavy atom. The molecule has 0 radical (unpaired) electrons. The first kappa shape index (κ1) is 18.1. The molecule has 3 nitrogen and oxygen atoms in total. The largest absolute Gasteiger partial charge is 0.480 e. The SMILES string of the molecule is CC[C@@H](Oc1cc(C)ccc1C)C(=O)Nc1ccccc1C(C)C. The number of anilines is 1. The van der Waals surface area contributed by atoms with Gasteiger partial charge in [0, 0.05) is 5.69 Å². The molecule has 0 spiro atoms. The summed E-state index contributed by atoms with van der Waals surface area (Å²) in [6, 6.07) is 14.0. The van der Waals surface area contributed by atoms with Gasteiger partial charge in [-0.2, -0.15) is 0 Å². The molecule has 0 aliphatic carbocycles. The first-order chi connectivity index (χ1) is 11.4. The van der Waals surface area contributed by atoms with Gasteiger partial charge in [0.25, 0.3) is 5.91 Å². The highest BCUT2D eigenvalue weighted by molar-refractivity contribution is 5.95. The first-order valence-electron chi connectivity index (χ1n) is 8.56. The van der Waals surface area contributed by atoms with Crippen molar-refractivity contribution in [3.8, 4) is 5.75 Å². The summed E-state index contributed by atoms with van der Waals surface area (Å²) in [6.45, 7) is 10.2. The first-order valence-corrected chi connectivity index (χ1v) is 8.56. The fourth-order valence-electron chi connectivity index (χ4n) is 2.64. The molecule has 0 heterocycles. The van der Waals surface area contributed by atoms with E-state index in [4.69, 9.17) is 4.74 Å². The molecule has 0 aliphatic rings. The van der Waals surface area contributed by atoms with Crippen LogP contribution in [0.25, 0.3) is 0 Å². The Morgan fingerprint density at radius 3 is 2.50 bits per heavy atom. The zero-order valence-corrected chi connectivity index (χ0v) is 15.2. The Labute approximate surface area is 145 Å². The lowest BCUT2D eigenvalue weighted by molar-refractivity contribution is -0.122. The zero-order chi connectivity index (χ0) is 17.7. The van der Waals surface area contributed by atoms with Crippen molar-refractivity contribution in [1.29, 1.82) is 0 Å². The van der Waals surface area contributed by atoms with E-state index in [1.54, 1.807) is 0 Å². The van der Waals surface area contributed by atoms with Crippen molar-refractivity contribution < 1.29 is 9.53 Å². The monoisotopic (exact) mass is 325 g/mol. The molecule has 0 unspecified atom stereocenters. The predicted octanol–water partition coefficient (Wildman–Crippen LogP) is 5.22. The van der Waals surface area contributed by atoms with Crippen LogP contribution in [-0.4, -0.2) is 12.0 Å². The minimum absolute atomic E-state index is 0.105. The highest BCUT2D eigenvalue weighted by atomic mass is 16.5. The lowest BCUT2D eigenvalue weighted by Gasteiger charge is -2.20. The van der Waals surface area contributed by atoms with Crippen LogP contribution in [0, 0.1) is 13.8 Å². The second kappa shape index (κ2) is 8.00. The number of carbonyl (C=O) groups is 1. The van der Waals surface area contributed by atoms with Crippen molar-refractivity contribution in [2.75, 3.05) is 5.32 Å². The van der Waals surface area contributed by atoms with Crippen LogP contribution in [-0.2, 0) is 4.79 Å². The Bertz CT molecular complexity index is 707. The lowest BCUT2D eigenvalue weighted by Crippen LogP contribution is -2.33. The summed E-state index contributed by atoms with van der Waals surface area (Å²) in [6.07, 6.45) is 0.106. The van der Waals surface area contributed by atoms with E-state index < -0.39 is 6.10 Å². The number of nitrogens with one attached hydrogen (secondary N) is 1. The highest BCUT2D eigenvalue weighted by Crippen LogP contribution is 2.25. The number of aryl methyl sites for hydroxylation is 2. The minimum atomic E-state index is -0.509. The summed E-state index contributed by atoms with van der Waals surface area (Å²) in [5.74, 6) is 1.02. The van der Waals surface area contributed by atoms with Crippen LogP contribution in [0.2, 0.25) is 0 Å². The number of para-hydroxylation sites is 1. The Morgan fingerprint density at radius 2 is 1.83 bits per heavy atom. The molecule has 1 N–H and O–H groups in total. The molecule has 0 bridgehead atoms. The van der Waals surface area contributed by atoms with Crippen LogP contribution < -0.4 is 10.1 Å². The number of carbonyl (C=O) groups excluding carboxylic acids is 1. The lowest BCUT2D eigenvalue weighted by atomic mass is 10.0. The van der Waals surface area contributed by atoms with E-state index in [1.165, 1.54) is 0 Å². The molecular weight excluding hydrogens is 298 g/mol. The zero-order valence-electron chi connectivity index (χ0n) is 15.2. The van der Waals surface area contributed by atoms with Crippen molar-refractivity contribution in [1.82, 2.24) is 0 Å². The molecule has 0 aliphatic heterocycles. The van der Waals surface area contributed by atoms with Gasteiger partial charge in [0.2, 0.25) is 0 Å². The average Bonchev–Trinajstić information content (AvgIpc) is 2.55. The second-order valence-corrected chi connectivity index (χ2v) is 6.51. The van der Waals surface area contributed by atoms with Crippen LogP contribution in [0.15, 0.2) is 42.5 Å². The molecule has 3 heteroatoms. The number of amides is 1. The van der Waals surface area contributed by atoms with Gasteiger partial charge in [-0.05, 0) is 55.0 Å². The third-order valence-electron chi connectivity index (χ3n) is 4.12. The molecule has 2 aromatic carbocycles. The molecule has 0 saturated carbocycles. The summed E-state index contributed by atoms with van der Waals surface area (Å²) in [7, 11) is 0.